The molecule has 0 radical (unpaired) electrons. The summed E-state index contributed by atoms with van der Waals surface area (Å²) in [4.78, 5) is 10.3. The van der Waals surface area contributed by atoms with Crippen molar-refractivity contribution in [2.75, 3.05) is 12.4 Å². The molecule has 0 fully saturated rings. The molecule has 0 saturated heterocycles. The summed E-state index contributed by atoms with van der Waals surface area (Å²) >= 11 is 0. The van der Waals surface area contributed by atoms with E-state index >= 15 is 0 Å². The van der Waals surface area contributed by atoms with Crippen LogP contribution in [0.5, 0.6) is 0 Å². The van der Waals surface area contributed by atoms with Gasteiger partial charge in [-0.3, -0.25) is 4.79 Å². The van der Waals surface area contributed by atoms with Gasteiger partial charge in [0.25, 0.3) is 0 Å². The lowest BCUT2D eigenvalue weighted by Gasteiger charge is -2.05. The van der Waals surface area contributed by atoms with E-state index in [1.807, 2.05) is 0 Å². The molecule has 1 rings (SSSR count). The normalized spacial score (nSPS) is 11.2. The molecule has 7 heteroatoms. The Bertz CT molecular complexity index is 525. The largest absolute Gasteiger partial charge is 0.465 e. The zero-order valence-electron chi connectivity index (χ0n) is 8.94. The Morgan fingerprint density at radius 1 is 1.35 bits per heavy atom. The summed E-state index contributed by atoms with van der Waals surface area (Å²) in [6.07, 6.45) is 0. The molecule has 0 spiro atoms. The van der Waals surface area contributed by atoms with Crippen molar-refractivity contribution in [1.29, 1.82) is 0 Å². The van der Waals surface area contributed by atoms with Gasteiger partial charge in [-0.15, -0.1) is 0 Å². The smallest absolute Gasteiger partial charge is 0.321 e. The summed E-state index contributed by atoms with van der Waals surface area (Å²) in [6.45, 7) is 1.54. The van der Waals surface area contributed by atoms with E-state index in [0.29, 0.717) is 6.07 Å². The van der Waals surface area contributed by atoms with Crippen LogP contribution >= 0.6 is 0 Å². The van der Waals surface area contributed by atoms with Crippen molar-refractivity contribution in [3.8, 4) is 0 Å². The van der Waals surface area contributed by atoms with E-state index in [1.165, 1.54) is 6.92 Å². The summed E-state index contributed by atoms with van der Waals surface area (Å²) in [5.74, 6) is -4.06. The average molecular weight is 264 g/mol. The van der Waals surface area contributed by atoms with Crippen LogP contribution in [0.2, 0.25) is 0 Å². The number of rotatable bonds is 4. The van der Waals surface area contributed by atoms with Crippen LogP contribution in [0.25, 0.3) is 0 Å². The first-order valence-corrected chi connectivity index (χ1v) is 6.35. The zero-order chi connectivity index (χ0) is 13.1. The molecule has 0 aliphatic carbocycles. The van der Waals surface area contributed by atoms with Gasteiger partial charge < -0.3 is 4.74 Å². The molecule has 0 heterocycles. The van der Waals surface area contributed by atoms with E-state index in [4.69, 9.17) is 0 Å². The van der Waals surface area contributed by atoms with E-state index in [0.717, 1.165) is 12.1 Å². The molecule has 0 atom stereocenters. The van der Waals surface area contributed by atoms with Crippen LogP contribution in [-0.2, 0) is 19.4 Å². The molecule has 4 nitrogen and oxygen atoms in total. The SMILES string of the molecule is CCOC(=O)CS(=O)(=O)c1ccc(F)cc1F. The quantitative estimate of drug-likeness (QED) is 0.607. The third kappa shape index (κ3) is 3.48. The standard InChI is InChI=1S/C10H10F2O4S/c1-2-16-10(13)6-17(14,15)9-4-3-7(11)5-8(9)12/h3-5H,2,6H2,1H3. The minimum Gasteiger partial charge on any atom is -0.465 e. The van der Waals surface area contributed by atoms with Gasteiger partial charge in [-0.2, -0.15) is 0 Å². The first-order chi connectivity index (χ1) is 7.86. The van der Waals surface area contributed by atoms with Crippen LogP contribution in [0.3, 0.4) is 0 Å². The predicted octanol–water partition coefficient (Wildman–Crippen LogP) is 1.30. The number of hydrogen-bond donors (Lipinski definition) is 0. The first-order valence-electron chi connectivity index (χ1n) is 4.70. The van der Waals surface area contributed by atoms with E-state index in [9.17, 15) is 22.0 Å². The van der Waals surface area contributed by atoms with Crippen molar-refractivity contribution in [1.82, 2.24) is 0 Å². The second kappa shape index (κ2) is 5.22. The Morgan fingerprint density at radius 3 is 2.53 bits per heavy atom. The lowest BCUT2D eigenvalue weighted by Crippen LogP contribution is -2.19. The number of esters is 1. The van der Waals surface area contributed by atoms with Crippen molar-refractivity contribution in [3.63, 3.8) is 0 Å². The number of halogens is 2. The monoisotopic (exact) mass is 264 g/mol. The number of carbonyl (C=O) groups excluding carboxylic acids is 1. The van der Waals surface area contributed by atoms with Gasteiger partial charge >= 0.3 is 5.97 Å². The van der Waals surface area contributed by atoms with Gasteiger partial charge in [-0.1, -0.05) is 0 Å². The fourth-order valence-corrected chi connectivity index (χ4v) is 2.34. The van der Waals surface area contributed by atoms with E-state index in [-0.39, 0.29) is 6.61 Å². The zero-order valence-corrected chi connectivity index (χ0v) is 9.76. The molecule has 0 unspecified atom stereocenters. The summed E-state index contributed by atoms with van der Waals surface area (Å²) < 4.78 is 53.4. The molecule has 0 aliphatic heterocycles. The topological polar surface area (TPSA) is 60.4 Å². The van der Waals surface area contributed by atoms with Crippen molar-refractivity contribution in [2.24, 2.45) is 0 Å². The van der Waals surface area contributed by atoms with Gasteiger partial charge in [-0.05, 0) is 19.1 Å². The second-order valence-electron chi connectivity index (χ2n) is 3.14. The molecule has 1 aromatic rings. The number of hydrogen-bond acceptors (Lipinski definition) is 4. The maximum atomic E-state index is 13.2. The third-order valence-corrected chi connectivity index (χ3v) is 3.46. The highest BCUT2D eigenvalue weighted by atomic mass is 32.2. The first kappa shape index (κ1) is 13.6. The molecule has 0 N–H and O–H groups in total. The highest BCUT2D eigenvalue weighted by molar-refractivity contribution is 7.92. The molecule has 0 bridgehead atoms. The van der Waals surface area contributed by atoms with Gasteiger partial charge in [0.2, 0.25) is 0 Å². The molecule has 0 saturated carbocycles. The Balaban J connectivity index is 3.01. The number of ether oxygens (including phenoxy) is 1. The molecule has 0 aliphatic rings. The van der Waals surface area contributed by atoms with Crippen LogP contribution in [0, 0.1) is 11.6 Å². The number of sulfone groups is 1. The van der Waals surface area contributed by atoms with Gasteiger partial charge in [0, 0.05) is 6.07 Å². The van der Waals surface area contributed by atoms with Crippen LogP contribution in [-0.4, -0.2) is 26.7 Å². The number of benzene rings is 1. The van der Waals surface area contributed by atoms with Crippen molar-refractivity contribution < 1.29 is 26.7 Å². The Kier molecular flexibility index (Phi) is 4.17. The van der Waals surface area contributed by atoms with Crippen LogP contribution in [0.4, 0.5) is 8.78 Å². The van der Waals surface area contributed by atoms with Gasteiger partial charge in [0.15, 0.2) is 15.6 Å². The summed E-state index contributed by atoms with van der Waals surface area (Å²) in [6, 6.07) is 2.03. The molecular formula is C10H10F2O4S. The Labute approximate surface area is 97.1 Å². The fraction of sp³-hybridized carbons (Fsp3) is 0.300. The fourth-order valence-electron chi connectivity index (χ4n) is 1.16. The minimum absolute atomic E-state index is 0.0280. The van der Waals surface area contributed by atoms with E-state index in [2.05, 4.69) is 4.74 Å². The lowest BCUT2D eigenvalue weighted by atomic mass is 10.3. The second-order valence-corrected chi connectivity index (χ2v) is 5.10. The van der Waals surface area contributed by atoms with E-state index in [1.54, 1.807) is 0 Å². The maximum absolute atomic E-state index is 13.2. The maximum Gasteiger partial charge on any atom is 0.321 e. The van der Waals surface area contributed by atoms with Crippen LogP contribution in [0.1, 0.15) is 6.92 Å². The third-order valence-electron chi connectivity index (χ3n) is 1.84. The highest BCUT2D eigenvalue weighted by Crippen LogP contribution is 2.17. The van der Waals surface area contributed by atoms with Gasteiger partial charge in [0.1, 0.15) is 16.5 Å². The Hall–Kier alpha value is -1.50. The van der Waals surface area contributed by atoms with E-state index < -0.39 is 38.1 Å². The van der Waals surface area contributed by atoms with Crippen molar-refractivity contribution in [2.45, 2.75) is 11.8 Å². The minimum atomic E-state index is -4.15. The van der Waals surface area contributed by atoms with Crippen LogP contribution < -0.4 is 0 Å². The Morgan fingerprint density at radius 2 is 2.00 bits per heavy atom. The lowest BCUT2D eigenvalue weighted by molar-refractivity contribution is -0.139. The van der Waals surface area contributed by atoms with Gasteiger partial charge in [0.05, 0.1) is 6.61 Å². The summed E-state index contributed by atoms with van der Waals surface area (Å²) in [5, 5.41) is 0. The molecule has 94 valence electrons. The molecule has 17 heavy (non-hydrogen) atoms. The van der Waals surface area contributed by atoms with Crippen molar-refractivity contribution in [3.05, 3.63) is 29.8 Å². The van der Waals surface area contributed by atoms with Crippen molar-refractivity contribution >= 4 is 15.8 Å². The average Bonchev–Trinajstić information content (AvgIpc) is 2.15. The molecular weight excluding hydrogens is 254 g/mol. The summed E-state index contributed by atoms with van der Waals surface area (Å²) in [5.41, 5.74) is 0. The molecule has 0 amide bonds. The highest BCUT2D eigenvalue weighted by Gasteiger charge is 2.23. The molecule has 1 aromatic carbocycles. The summed E-state index contributed by atoms with van der Waals surface area (Å²) in [7, 11) is -4.15. The molecule has 0 aromatic heterocycles. The van der Waals surface area contributed by atoms with Crippen LogP contribution in [0.15, 0.2) is 23.1 Å². The van der Waals surface area contributed by atoms with Gasteiger partial charge in [-0.25, -0.2) is 17.2 Å². The predicted molar refractivity (Wildman–Crippen MR) is 55.0 cm³/mol. The number of carbonyl (C=O) groups is 1.